The van der Waals surface area contributed by atoms with Crippen molar-refractivity contribution in [3.05, 3.63) is 21.9 Å². The van der Waals surface area contributed by atoms with Crippen LogP contribution in [0.5, 0.6) is 0 Å². The molecule has 1 heterocycles. The number of aryl methyl sites for hydroxylation is 1. The molecule has 0 unspecified atom stereocenters. The predicted octanol–water partition coefficient (Wildman–Crippen LogP) is 2.94. The first-order chi connectivity index (χ1) is 7.03. The zero-order valence-corrected chi connectivity index (χ0v) is 9.54. The number of thiophene rings is 1. The Kier molecular flexibility index (Phi) is 2.59. The Hall–Kier alpha value is -0.480. The van der Waals surface area contributed by atoms with Crippen LogP contribution in [0.2, 0.25) is 0 Å². The van der Waals surface area contributed by atoms with E-state index in [4.69, 9.17) is 5.73 Å². The van der Waals surface area contributed by atoms with E-state index >= 15 is 0 Å². The smallest absolute Gasteiger partial charge is 0.250 e. The molecule has 1 saturated carbocycles. The van der Waals surface area contributed by atoms with Gasteiger partial charge in [-0.05, 0) is 23.4 Å². The first-order valence-corrected chi connectivity index (χ1v) is 6.06. The van der Waals surface area contributed by atoms with Crippen LogP contribution in [-0.2, 0) is 11.8 Å². The topological polar surface area (TPSA) is 26.0 Å². The van der Waals surface area contributed by atoms with Crippen LogP contribution in [0.4, 0.5) is 8.78 Å². The lowest BCUT2D eigenvalue weighted by molar-refractivity contribution is -0.122. The van der Waals surface area contributed by atoms with Crippen LogP contribution < -0.4 is 5.73 Å². The third-order valence-corrected chi connectivity index (χ3v) is 4.40. The Morgan fingerprint density at radius 1 is 1.47 bits per heavy atom. The van der Waals surface area contributed by atoms with Gasteiger partial charge < -0.3 is 5.73 Å². The molecule has 1 aliphatic rings. The Balaban J connectivity index is 2.29. The molecule has 1 aromatic heterocycles. The summed E-state index contributed by atoms with van der Waals surface area (Å²) < 4.78 is 26.0. The highest BCUT2D eigenvalue weighted by Gasteiger charge is 2.57. The number of hydrogen-bond donors (Lipinski definition) is 1. The molecule has 84 valence electrons. The fourth-order valence-corrected chi connectivity index (χ4v) is 3.63. The molecule has 1 fully saturated rings. The molecular weight excluding hydrogens is 216 g/mol. The van der Waals surface area contributed by atoms with Crippen LogP contribution in [-0.4, -0.2) is 12.5 Å². The van der Waals surface area contributed by atoms with E-state index in [9.17, 15) is 8.78 Å². The van der Waals surface area contributed by atoms with Gasteiger partial charge in [0.2, 0.25) is 5.92 Å². The number of nitrogens with two attached hydrogens (primary N) is 1. The minimum absolute atomic E-state index is 0.0794. The predicted molar refractivity (Wildman–Crippen MR) is 58.6 cm³/mol. The average Bonchev–Trinajstić information content (AvgIpc) is 2.61. The maximum absolute atomic E-state index is 13.0. The second-order valence-corrected chi connectivity index (χ2v) is 5.24. The molecule has 0 amide bonds. The van der Waals surface area contributed by atoms with E-state index in [2.05, 4.69) is 0 Å². The molecule has 0 aliphatic heterocycles. The van der Waals surface area contributed by atoms with Gasteiger partial charge in [-0.1, -0.05) is 6.92 Å². The molecule has 0 saturated heterocycles. The van der Waals surface area contributed by atoms with E-state index in [1.165, 1.54) is 5.56 Å². The van der Waals surface area contributed by atoms with Gasteiger partial charge in [0.1, 0.15) is 0 Å². The Bertz CT molecular complexity index is 351. The third-order valence-electron chi connectivity index (χ3n) is 3.19. The van der Waals surface area contributed by atoms with Crippen molar-refractivity contribution in [2.75, 3.05) is 6.54 Å². The molecular formula is C11H15F2NS. The lowest BCUT2D eigenvalue weighted by Crippen LogP contribution is -2.53. The summed E-state index contributed by atoms with van der Waals surface area (Å²) in [7, 11) is 0. The van der Waals surface area contributed by atoms with Crippen molar-refractivity contribution >= 4 is 11.3 Å². The first kappa shape index (κ1) is 11.0. The molecule has 1 aromatic rings. The molecule has 0 spiro atoms. The highest BCUT2D eigenvalue weighted by Crippen LogP contribution is 2.54. The van der Waals surface area contributed by atoms with Gasteiger partial charge in [-0.2, -0.15) is 0 Å². The minimum atomic E-state index is -2.51. The summed E-state index contributed by atoms with van der Waals surface area (Å²) in [5.41, 5.74) is 6.42. The summed E-state index contributed by atoms with van der Waals surface area (Å²) in [5, 5.41) is 1.97. The molecule has 0 bridgehead atoms. The highest BCUT2D eigenvalue weighted by atomic mass is 32.1. The van der Waals surface area contributed by atoms with Gasteiger partial charge in [-0.15, -0.1) is 11.3 Å². The molecule has 1 nitrogen and oxygen atoms in total. The Labute approximate surface area is 92.3 Å². The lowest BCUT2D eigenvalue weighted by atomic mass is 9.64. The minimum Gasteiger partial charge on any atom is -0.330 e. The van der Waals surface area contributed by atoms with Gasteiger partial charge in [-0.3, -0.25) is 0 Å². The van der Waals surface area contributed by atoms with Crippen LogP contribution in [0.3, 0.4) is 0 Å². The number of rotatable bonds is 3. The van der Waals surface area contributed by atoms with Crippen molar-refractivity contribution in [3.63, 3.8) is 0 Å². The first-order valence-electron chi connectivity index (χ1n) is 5.18. The van der Waals surface area contributed by atoms with E-state index in [0.717, 1.165) is 11.3 Å². The van der Waals surface area contributed by atoms with Crippen molar-refractivity contribution in [1.29, 1.82) is 0 Å². The summed E-state index contributed by atoms with van der Waals surface area (Å²) in [6.45, 7) is 2.38. The Morgan fingerprint density at radius 2 is 2.13 bits per heavy atom. The maximum atomic E-state index is 13.0. The van der Waals surface area contributed by atoms with Gasteiger partial charge in [0.15, 0.2) is 0 Å². The fourth-order valence-electron chi connectivity index (χ4n) is 2.42. The van der Waals surface area contributed by atoms with Crippen LogP contribution in [0.15, 0.2) is 11.4 Å². The number of hydrogen-bond acceptors (Lipinski definition) is 2. The van der Waals surface area contributed by atoms with Crippen molar-refractivity contribution in [3.8, 4) is 0 Å². The summed E-state index contributed by atoms with van der Waals surface area (Å²) in [6, 6.07) is 2.02. The molecule has 15 heavy (non-hydrogen) atoms. The van der Waals surface area contributed by atoms with Crippen molar-refractivity contribution < 1.29 is 8.78 Å². The van der Waals surface area contributed by atoms with Crippen LogP contribution in [0, 0.1) is 0 Å². The van der Waals surface area contributed by atoms with E-state index in [1.807, 2.05) is 18.4 Å². The van der Waals surface area contributed by atoms with Crippen LogP contribution >= 0.6 is 11.3 Å². The second kappa shape index (κ2) is 3.52. The van der Waals surface area contributed by atoms with E-state index in [0.29, 0.717) is 6.54 Å². The molecule has 1 aliphatic carbocycles. The van der Waals surface area contributed by atoms with E-state index in [-0.39, 0.29) is 12.8 Å². The molecule has 2 rings (SSSR count). The quantitative estimate of drug-likeness (QED) is 0.850. The third kappa shape index (κ3) is 1.70. The maximum Gasteiger partial charge on any atom is 0.250 e. The van der Waals surface area contributed by atoms with Gasteiger partial charge in [0.25, 0.3) is 0 Å². The van der Waals surface area contributed by atoms with Gasteiger partial charge in [0, 0.05) is 29.7 Å². The van der Waals surface area contributed by atoms with Crippen molar-refractivity contribution in [2.24, 2.45) is 5.73 Å². The van der Waals surface area contributed by atoms with Gasteiger partial charge in [0.05, 0.1) is 0 Å². The summed E-state index contributed by atoms with van der Waals surface area (Å²) in [5.74, 6) is -2.51. The van der Waals surface area contributed by atoms with E-state index < -0.39 is 11.3 Å². The standard InChI is InChI=1S/C11H15F2NS/c1-2-8-3-4-15-9(8)10(7-14)5-11(12,13)6-10/h3-4H,2,5-7,14H2,1H3. The summed E-state index contributed by atoms with van der Waals surface area (Å²) in [6.07, 6.45) is 0.736. The Morgan fingerprint density at radius 3 is 2.60 bits per heavy atom. The molecule has 0 aromatic carbocycles. The second-order valence-electron chi connectivity index (χ2n) is 4.32. The molecule has 2 N–H and O–H groups in total. The number of halogens is 2. The van der Waals surface area contributed by atoms with Gasteiger partial charge >= 0.3 is 0 Å². The lowest BCUT2D eigenvalue weighted by Gasteiger charge is -2.46. The van der Waals surface area contributed by atoms with Gasteiger partial charge in [-0.25, -0.2) is 8.78 Å². The summed E-state index contributed by atoms with van der Waals surface area (Å²) in [4.78, 5) is 1.08. The fraction of sp³-hybridized carbons (Fsp3) is 0.636. The average molecular weight is 231 g/mol. The van der Waals surface area contributed by atoms with Crippen LogP contribution in [0.1, 0.15) is 30.2 Å². The SMILES string of the molecule is CCc1ccsc1C1(CN)CC(F)(F)C1. The van der Waals surface area contributed by atoms with Crippen LogP contribution in [0.25, 0.3) is 0 Å². The molecule has 0 radical (unpaired) electrons. The normalized spacial score (nSPS) is 22.4. The van der Waals surface area contributed by atoms with Crippen molar-refractivity contribution in [2.45, 2.75) is 37.5 Å². The summed E-state index contributed by atoms with van der Waals surface area (Å²) >= 11 is 1.57. The number of alkyl halides is 2. The molecule has 0 atom stereocenters. The zero-order chi connectivity index (χ0) is 11.1. The largest absolute Gasteiger partial charge is 0.330 e. The highest BCUT2D eigenvalue weighted by molar-refractivity contribution is 7.10. The van der Waals surface area contributed by atoms with Crippen molar-refractivity contribution in [1.82, 2.24) is 0 Å². The molecule has 4 heteroatoms. The zero-order valence-electron chi connectivity index (χ0n) is 8.72. The monoisotopic (exact) mass is 231 g/mol. The van der Waals surface area contributed by atoms with E-state index in [1.54, 1.807) is 11.3 Å².